The summed E-state index contributed by atoms with van der Waals surface area (Å²) >= 11 is 0. The van der Waals surface area contributed by atoms with Crippen molar-refractivity contribution in [2.75, 3.05) is 12.3 Å². The minimum absolute atomic E-state index is 0.0772. The third-order valence-electron chi connectivity index (χ3n) is 3.82. The Morgan fingerprint density at radius 2 is 1.38 bits per heavy atom. The highest BCUT2D eigenvalue weighted by Crippen LogP contribution is 2.13. The van der Waals surface area contributed by atoms with Crippen LogP contribution in [0.1, 0.15) is 48.0 Å². The number of allylic oxidation sites excluding steroid dienone is 2. The fraction of sp³-hybridized carbons (Fsp3) is 0.647. The van der Waals surface area contributed by atoms with Crippen LogP contribution in [0.5, 0.6) is 0 Å². The summed E-state index contributed by atoms with van der Waals surface area (Å²) < 4.78 is 41.4. The smallest absolute Gasteiger partial charge is 0.334 e. The van der Waals surface area contributed by atoms with Crippen molar-refractivity contribution in [3.05, 3.63) is 23.3 Å². The number of carbonyl (C=O) groups is 2. The van der Waals surface area contributed by atoms with Crippen molar-refractivity contribution in [2.24, 2.45) is 0 Å². The fourth-order valence-electron chi connectivity index (χ4n) is 1.96. The first-order chi connectivity index (χ1) is 11.9. The van der Waals surface area contributed by atoms with Crippen molar-refractivity contribution < 1.29 is 32.0 Å². The van der Waals surface area contributed by atoms with Crippen LogP contribution < -0.4 is 0 Å². The summed E-state index contributed by atoms with van der Waals surface area (Å²) in [4.78, 5) is 25.4. The molecule has 0 fully saturated rings. The third kappa shape index (κ3) is 9.12. The molecule has 0 aliphatic rings. The van der Waals surface area contributed by atoms with Crippen LogP contribution in [0.25, 0.3) is 0 Å². The number of hydrogen-bond donors (Lipinski definition) is 1. The Hall–Kier alpha value is -1.71. The average molecular weight is 391 g/mol. The molecule has 1 N–H and O–H groups in total. The lowest BCUT2D eigenvalue weighted by Gasteiger charge is -2.33. The van der Waals surface area contributed by atoms with E-state index in [-0.39, 0.29) is 13.0 Å². The van der Waals surface area contributed by atoms with Crippen molar-refractivity contribution in [3.63, 3.8) is 0 Å². The second-order valence-electron chi connectivity index (χ2n) is 5.83. The predicted octanol–water partition coefficient (Wildman–Crippen LogP) is 2.28. The van der Waals surface area contributed by atoms with Gasteiger partial charge >= 0.3 is 11.9 Å². The van der Waals surface area contributed by atoms with Gasteiger partial charge in [-0.3, -0.25) is 4.55 Å². The molecule has 0 heterocycles. The van der Waals surface area contributed by atoms with Crippen LogP contribution in [-0.2, 0) is 29.2 Å². The van der Waals surface area contributed by atoms with E-state index in [0.717, 1.165) is 0 Å². The number of ether oxygens (including phenoxy) is 2. The maximum Gasteiger partial charge on any atom is 0.334 e. The van der Waals surface area contributed by atoms with E-state index in [1.807, 2.05) is 0 Å². The molecule has 26 heavy (non-hydrogen) atoms. The van der Waals surface area contributed by atoms with E-state index in [1.54, 1.807) is 53.7 Å². The standard InChI is InChI=1S/C17H29NO7S/c1-7-12(3)16(19)24-14(5)18(10-9-11-26(21,22)23)15(6)25-17(20)13(4)8-2/h7-8,14-15H,9-11H2,1-6H3,(H,21,22,23)/b12-7+,13-8+. The van der Waals surface area contributed by atoms with Gasteiger partial charge in [0.1, 0.15) is 0 Å². The largest absolute Gasteiger partial charge is 0.443 e. The van der Waals surface area contributed by atoms with Crippen LogP contribution >= 0.6 is 0 Å². The molecule has 0 aromatic rings. The lowest BCUT2D eigenvalue weighted by atomic mass is 10.3. The Morgan fingerprint density at radius 1 is 1.00 bits per heavy atom. The number of carbonyl (C=O) groups excluding carboxylic acids is 2. The van der Waals surface area contributed by atoms with Crippen molar-refractivity contribution in [1.82, 2.24) is 4.90 Å². The van der Waals surface area contributed by atoms with Gasteiger partial charge < -0.3 is 9.47 Å². The molecule has 0 aromatic carbocycles. The van der Waals surface area contributed by atoms with E-state index in [4.69, 9.17) is 14.0 Å². The monoisotopic (exact) mass is 391 g/mol. The van der Waals surface area contributed by atoms with Crippen LogP contribution in [0.2, 0.25) is 0 Å². The Labute approximate surface area is 155 Å². The van der Waals surface area contributed by atoms with Crippen LogP contribution in [-0.4, -0.2) is 54.6 Å². The number of hydrogen-bond acceptors (Lipinski definition) is 7. The topological polar surface area (TPSA) is 110 Å². The van der Waals surface area contributed by atoms with Gasteiger partial charge in [0.2, 0.25) is 0 Å². The molecule has 0 saturated carbocycles. The molecule has 8 nitrogen and oxygen atoms in total. The summed E-state index contributed by atoms with van der Waals surface area (Å²) in [5, 5.41) is 0. The molecule has 0 amide bonds. The quantitative estimate of drug-likeness (QED) is 0.261. The van der Waals surface area contributed by atoms with E-state index >= 15 is 0 Å². The van der Waals surface area contributed by atoms with E-state index in [2.05, 4.69) is 0 Å². The molecule has 0 radical (unpaired) electrons. The van der Waals surface area contributed by atoms with Gasteiger partial charge in [-0.05, 0) is 48.0 Å². The molecule has 2 atom stereocenters. The van der Waals surface area contributed by atoms with Gasteiger partial charge in [-0.15, -0.1) is 0 Å². The van der Waals surface area contributed by atoms with E-state index in [1.165, 1.54) is 4.90 Å². The summed E-state index contributed by atoms with van der Waals surface area (Å²) in [6, 6.07) is 0. The van der Waals surface area contributed by atoms with Crippen LogP contribution in [0, 0.1) is 0 Å². The first kappa shape index (κ1) is 24.3. The molecule has 0 aliphatic carbocycles. The molecule has 2 unspecified atom stereocenters. The predicted molar refractivity (Wildman–Crippen MR) is 97.7 cm³/mol. The lowest BCUT2D eigenvalue weighted by Crippen LogP contribution is -2.45. The zero-order valence-corrected chi connectivity index (χ0v) is 17.0. The lowest BCUT2D eigenvalue weighted by molar-refractivity contribution is -0.175. The highest BCUT2D eigenvalue weighted by atomic mass is 32.2. The summed E-state index contributed by atoms with van der Waals surface area (Å²) in [5.41, 5.74) is 0.841. The highest BCUT2D eigenvalue weighted by molar-refractivity contribution is 7.85. The minimum Gasteiger partial charge on any atom is -0.443 e. The molecule has 0 aliphatic heterocycles. The van der Waals surface area contributed by atoms with Gasteiger partial charge in [-0.1, -0.05) is 12.2 Å². The Balaban J connectivity index is 5.19. The first-order valence-corrected chi connectivity index (χ1v) is 9.92. The zero-order chi connectivity index (χ0) is 20.5. The van der Waals surface area contributed by atoms with Crippen LogP contribution in [0.3, 0.4) is 0 Å². The van der Waals surface area contributed by atoms with Gasteiger partial charge in [0.15, 0.2) is 12.5 Å². The van der Waals surface area contributed by atoms with Gasteiger partial charge in [-0.2, -0.15) is 8.42 Å². The molecular formula is C17H29NO7S. The van der Waals surface area contributed by atoms with Crippen LogP contribution in [0.15, 0.2) is 23.3 Å². The van der Waals surface area contributed by atoms with Crippen molar-refractivity contribution in [3.8, 4) is 0 Å². The second-order valence-corrected chi connectivity index (χ2v) is 7.40. The highest BCUT2D eigenvalue weighted by Gasteiger charge is 2.26. The van der Waals surface area contributed by atoms with Gasteiger partial charge in [0, 0.05) is 17.7 Å². The summed E-state index contributed by atoms with van der Waals surface area (Å²) in [6.07, 6.45) is 1.75. The summed E-state index contributed by atoms with van der Waals surface area (Å²) in [7, 11) is -4.11. The summed E-state index contributed by atoms with van der Waals surface area (Å²) in [6.45, 7) is 9.95. The van der Waals surface area contributed by atoms with Gasteiger partial charge in [-0.25, -0.2) is 14.5 Å². The first-order valence-electron chi connectivity index (χ1n) is 8.31. The molecular weight excluding hydrogens is 362 g/mol. The van der Waals surface area contributed by atoms with E-state index in [0.29, 0.717) is 11.1 Å². The number of esters is 2. The SMILES string of the molecule is C/C=C(\C)C(=O)OC(C)N(CCCS(=O)(=O)O)C(C)OC(=O)/C(C)=C/C. The van der Waals surface area contributed by atoms with E-state index in [9.17, 15) is 18.0 Å². The zero-order valence-electron chi connectivity index (χ0n) is 16.2. The van der Waals surface area contributed by atoms with Gasteiger partial charge in [0.25, 0.3) is 10.1 Å². The molecule has 150 valence electrons. The summed E-state index contributed by atoms with van der Waals surface area (Å²) in [5.74, 6) is -1.50. The second kappa shape index (κ2) is 11.1. The molecule has 9 heteroatoms. The van der Waals surface area contributed by atoms with Crippen molar-refractivity contribution in [1.29, 1.82) is 0 Å². The van der Waals surface area contributed by atoms with E-state index < -0.39 is 40.3 Å². The normalized spacial score (nSPS) is 15.5. The van der Waals surface area contributed by atoms with Crippen molar-refractivity contribution >= 4 is 22.1 Å². The Bertz CT molecular complexity index is 614. The number of nitrogens with zero attached hydrogens (tertiary/aromatic N) is 1. The Morgan fingerprint density at radius 3 is 1.69 bits per heavy atom. The minimum atomic E-state index is -4.11. The molecule has 0 spiro atoms. The molecule has 0 aromatic heterocycles. The third-order valence-corrected chi connectivity index (χ3v) is 4.62. The van der Waals surface area contributed by atoms with Crippen LogP contribution in [0.4, 0.5) is 0 Å². The maximum absolute atomic E-state index is 12.0. The average Bonchev–Trinajstić information content (AvgIpc) is 2.55. The molecule has 0 saturated heterocycles. The maximum atomic E-state index is 12.0. The van der Waals surface area contributed by atoms with Crippen molar-refractivity contribution in [2.45, 2.75) is 60.4 Å². The molecule has 0 rings (SSSR count). The number of rotatable bonds is 10. The Kier molecular flexibility index (Phi) is 10.4. The fourth-order valence-corrected chi connectivity index (χ4v) is 2.45. The molecule has 0 bridgehead atoms. The van der Waals surface area contributed by atoms with Gasteiger partial charge in [0.05, 0.1) is 5.75 Å².